The number of carboxylic acid groups (broad SMARTS) is 1. The number of aromatic nitrogens is 1. The number of alkyl halides is 3. The number of hydrogen-bond donors (Lipinski definition) is 1. The normalized spacial score (nSPS) is 11.5. The Morgan fingerprint density at radius 3 is 2.50 bits per heavy atom. The van der Waals surface area contributed by atoms with Crippen LogP contribution in [0, 0.1) is 11.6 Å². The second-order valence-corrected chi connectivity index (χ2v) is 6.84. The maximum atomic E-state index is 14.1. The number of rotatable bonds is 9. The lowest BCUT2D eigenvalue weighted by Crippen LogP contribution is -2.08. The standard InChI is InChI=1S/C18H16F5NO3S/c19-13-8-11(3-4-15(25)26)9-14(20)16(13)27-10-12-2-1-6-24-17(12)28-7-5-18(21,22)23/h1-2,6,8-9H,3-5,7,10H2,(H,25,26). The smallest absolute Gasteiger partial charge is 0.389 e. The van der Waals surface area contributed by atoms with Crippen LogP contribution in [0.15, 0.2) is 35.5 Å². The van der Waals surface area contributed by atoms with E-state index in [4.69, 9.17) is 9.84 Å². The Kier molecular flexibility index (Phi) is 7.61. The molecule has 0 saturated carbocycles. The molecule has 2 rings (SSSR count). The van der Waals surface area contributed by atoms with Crippen LogP contribution in [0.5, 0.6) is 5.75 Å². The first-order valence-electron chi connectivity index (χ1n) is 8.11. The molecule has 0 aliphatic rings. The van der Waals surface area contributed by atoms with Gasteiger partial charge in [0, 0.05) is 23.9 Å². The fraction of sp³-hybridized carbons (Fsp3) is 0.333. The van der Waals surface area contributed by atoms with E-state index in [1.54, 1.807) is 6.07 Å². The minimum atomic E-state index is -4.28. The highest BCUT2D eigenvalue weighted by Gasteiger charge is 2.26. The first-order chi connectivity index (χ1) is 13.2. The Hall–Kier alpha value is -2.36. The van der Waals surface area contributed by atoms with E-state index in [2.05, 4.69) is 4.98 Å². The molecule has 0 atom stereocenters. The molecule has 0 fully saturated rings. The van der Waals surface area contributed by atoms with Crippen LogP contribution in [0.3, 0.4) is 0 Å². The van der Waals surface area contributed by atoms with Gasteiger partial charge in [-0.05, 0) is 30.2 Å². The van der Waals surface area contributed by atoms with Gasteiger partial charge >= 0.3 is 12.1 Å². The molecular formula is C18H16F5NO3S. The number of benzene rings is 1. The van der Waals surface area contributed by atoms with Crippen molar-refractivity contribution in [3.8, 4) is 5.75 Å². The van der Waals surface area contributed by atoms with Crippen molar-refractivity contribution < 1.29 is 36.6 Å². The van der Waals surface area contributed by atoms with Crippen LogP contribution >= 0.6 is 11.8 Å². The van der Waals surface area contributed by atoms with Crippen molar-refractivity contribution in [1.82, 2.24) is 4.98 Å². The van der Waals surface area contributed by atoms with Gasteiger partial charge in [0.1, 0.15) is 11.6 Å². The predicted octanol–water partition coefficient (Wildman–Crippen LogP) is 5.00. The van der Waals surface area contributed by atoms with Crippen molar-refractivity contribution in [2.45, 2.75) is 37.1 Å². The Bertz CT molecular complexity index is 806. The summed E-state index contributed by atoms with van der Waals surface area (Å²) in [5.74, 6) is -3.96. The quantitative estimate of drug-likeness (QED) is 0.456. The first-order valence-corrected chi connectivity index (χ1v) is 9.10. The summed E-state index contributed by atoms with van der Waals surface area (Å²) in [7, 11) is 0. The minimum absolute atomic E-state index is 0.0357. The second kappa shape index (κ2) is 9.72. The van der Waals surface area contributed by atoms with Gasteiger partial charge in [-0.25, -0.2) is 13.8 Å². The fourth-order valence-corrected chi connectivity index (χ4v) is 3.20. The van der Waals surface area contributed by atoms with Gasteiger partial charge < -0.3 is 9.84 Å². The third-order valence-corrected chi connectivity index (χ3v) is 4.58. The van der Waals surface area contributed by atoms with Crippen molar-refractivity contribution in [2.75, 3.05) is 5.75 Å². The Morgan fingerprint density at radius 1 is 1.21 bits per heavy atom. The molecule has 1 aromatic heterocycles. The Balaban J connectivity index is 2.05. The number of hydrogen-bond acceptors (Lipinski definition) is 4. The molecule has 0 spiro atoms. The molecule has 152 valence electrons. The van der Waals surface area contributed by atoms with E-state index in [0.29, 0.717) is 5.56 Å². The molecule has 28 heavy (non-hydrogen) atoms. The largest absolute Gasteiger partial charge is 0.483 e. The highest BCUT2D eigenvalue weighted by atomic mass is 32.2. The molecule has 0 amide bonds. The van der Waals surface area contributed by atoms with Crippen molar-refractivity contribution in [2.24, 2.45) is 0 Å². The van der Waals surface area contributed by atoms with Crippen molar-refractivity contribution in [3.63, 3.8) is 0 Å². The van der Waals surface area contributed by atoms with Crippen LogP contribution < -0.4 is 4.74 Å². The highest BCUT2D eigenvalue weighted by molar-refractivity contribution is 7.99. The highest BCUT2D eigenvalue weighted by Crippen LogP contribution is 2.29. The van der Waals surface area contributed by atoms with E-state index in [0.717, 1.165) is 23.9 Å². The van der Waals surface area contributed by atoms with Crippen LogP contribution in [0.25, 0.3) is 0 Å². The van der Waals surface area contributed by atoms with E-state index >= 15 is 0 Å². The molecule has 0 radical (unpaired) electrons. The number of aryl methyl sites for hydroxylation is 1. The topological polar surface area (TPSA) is 59.4 Å². The second-order valence-electron chi connectivity index (χ2n) is 5.75. The average molecular weight is 421 g/mol. The summed E-state index contributed by atoms with van der Waals surface area (Å²) in [5, 5.41) is 8.91. The zero-order chi connectivity index (χ0) is 20.7. The maximum absolute atomic E-state index is 14.1. The molecule has 10 heteroatoms. The van der Waals surface area contributed by atoms with E-state index in [1.165, 1.54) is 12.3 Å². The summed E-state index contributed by atoms with van der Waals surface area (Å²) in [6.45, 7) is -0.287. The average Bonchev–Trinajstić information content (AvgIpc) is 2.59. The molecule has 4 nitrogen and oxygen atoms in total. The number of carboxylic acids is 1. The molecule has 0 bridgehead atoms. The number of nitrogens with zero attached hydrogens (tertiary/aromatic N) is 1. The summed E-state index contributed by atoms with van der Waals surface area (Å²) in [5.41, 5.74) is 0.568. The van der Waals surface area contributed by atoms with E-state index in [9.17, 15) is 26.7 Å². The van der Waals surface area contributed by atoms with Crippen molar-refractivity contribution in [3.05, 3.63) is 53.2 Å². The number of aliphatic carboxylic acids is 1. The minimum Gasteiger partial charge on any atom is -0.483 e. The lowest BCUT2D eigenvalue weighted by atomic mass is 10.1. The monoisotopic (exact) mass is 421 g/mol. The molecule has 2 aromatic rings. The Labute approximate surface area is 161 Å². The molecule has 1 N–H and O–H groups in total. The van der Waals surface area contributed by atoms with Gasteiger partial charge in [-0.15, -0.1) is 11.8 Å². The predicted molar refractivity (Wildman–Crippen MR) is 92.3 cm³/mol. The fourth-order valence-electron chi connectivity index (χ4n) is 2.22. The summed E-state index contributed by atoms with van der Waals surface area (Å²) in [6.07, 6.45) is -4.18. The third kappa shape index (κ3) is 6.99. The van der Waals surface area contributed by atoms with Gasteiger partial charge in [0.15, 0.2) is 17.4 Å². The lowest BCUT2D eigenvalue weighted by molar-refractivity contribution is -0.137. The maximum Gasteiger partial charge on any atom is 0.389 e. The summed E-state index contributed by atoms with van der Waals surface area (Å²) < 4.78 is 70.2. The molecule has 0 aliphatic carbocycles. The van der Waals surface area contributed by atoms with Gasteiger partial charge in [-0.2, -0.15) is 13.2 Å². The third-order valence-electron chi connectivity index (χ3n) is 3.53. The molecule has 0 unspecified atom stereocenters. The van der Waals surface area contributed by atoms with Crippen molar-refractivity contribution in [1.29, 1.82) is 0 Å². The van der Waals surface area contributed by atoms with Gasteiger partial charge in [-0.1, -0.05) is 6.07 Å². The molecule has 1 aromatic carbocycles. The number of halogens is 5. The van der Waals surface area contributed by atoms with E-state index in [-0.39, 0.29) is 35.8 Å². The summed E-state index contributed by atoms with van der Waals surface area (Å²) in [6, 6.07) is 5.06. The number of ether oxygens (including phenoxy) is 1. The SMILES string of the molecule is O=C(O)CCc1cc(F)c(OCc2cccnc2SCCC(F)(F)F)c(F)c1. The summed E-state index contributed by atoms with van der Waals surface area (Å²) >= 11 is 0.875. The van der Waals surface area contributed by atoms with Gasteiger partial charge in [0.2, 0.25) is 0 Å². The van der Waals surface area contributed by atoms with Crippen LogP contribution in [0.2, 0.25) is 0 Å². The molecular weight excluding hydrogens is 405 g/mol. The van der Waals surface area contributed by atoms with E-state index in [1.807, 2.05) is 0 Å². The van der Waals surface area contributed by atoms with Crippen LogP contribution in [0.1, 0.15) is 24.0 Å². The molecule has 0 aliphatic heterocycles. The molecule has 0 saturated heterocycles. The zero-order valence-electron chi connectivity index (χ0n) is 14.4. The lowest BCUT2D eigenvalue weighted by Gasteiger charge is -2.12. The van der Waals surface area contributed by atoms with Gasteiger partial charge in [0.05, 0.1) is 6.42 Å². The number of thioether (sulfide) groups is 1. The van der Waals surface area contributed by atoms with Gasteiger partial charge in [0.25, 0.3) is 0 Å². The number of carbonyl (C=O) groups is 1. The number of pyridine rings is 1. The van der Waals surface area contributed by atoms with Gasteiger partial charge in [-0.3, -0.25) is 4.79 Å². The van der Waals surface area contributed by atoms with Crippen LogP contribution in [-0.2, 0) is 17.8 Å². The first kappa shape index (κ1) is 21.9. The molecule has 1 heterocycles. The van der Waals surface area contributed by atoms with Crippen LogP contribution in [0.4, 0.5) is 22.0 Å². The van der Waals surface area contributed by atoms with Crippen LogP contribution in [-0.4, -0.2) is 28.0 Å². The van der Waals surface area contributed by atoms with E-state index < -0.39 is 36.0 Å². The Morgan fingerprint density at radius 2 is 1.89 bits per heavy atom. The summed E-state index contributed by atoms with van der Waals surface area (Å²) in [4.78, 5) is 14.5. The van der Waals surface area contributed by atoms with Crippen molar-refractivity contribution >= 4 is 17.7 Å². The zero-order valence-corrected chi connectivity index (χ0v) is 15.2.